The average molecular weight is 356 g/mol. The summed E-state index contributed by atoms with van der Waals surface area (Å²) in [7, 11) is 6.01. The fourth-order valence-corrected chi connectivity index (χ4v) is 2.87. The molecule has 3 rings (SSSR count). The summed E-state index contributed by atoms with van der Waals surface area (Å²) >= 11 is 0. The summed E-state index contributed by atoms with van der Waals surface area (Å²) in [4.78, 5) is 8.63. The van der Waals surface area contributed by atoms with Gasteiger partial charge in [0.15, 0.2) is 11.5 Å². The third-order valence-electron chi connectivity index (χ3n) is 4.08. The molecule has 136 valence electrons. The summed E-state index contributed by atoms with van der Waals surface area (Å²) in [6.07, 6.45) is -0.993. The van der Waals surface area contributed by atoms with Crippen LogP contribution in [0.4, 0.5) is 0 Å². The summed E-state index contributed by atoms with van der Waals surface area (Å²) in [6, 6.07) is 11.1. The number of hydrogen-bond donors (Lipinski definition) is 1. The Morgan fingerprint density at radius 1 is 0.885 bits per heavy atom. The molecule has 26 heavy (non-hydrogen) atoms. The second kappa shape index (κ2) is 7.45. The molecular weight excluding hydrogens is 336 g/mol. The van der Waals surface area contributed by atoms with E-state index in [9.17, 15) is 5.11 Å². The molecule has 0 aliphatic heterocycles. The first-order chi connectivity index (χ1) is 12.6. The molecule has 3 aromatic rings. The van der Waals surface area contributed by atoms with Gasteiger partial charge in [-0.2, -0.15) is 9.97 Å². The van der Waals surface area contributed by atoms with Crippen molar-refractivity contribution in [2.24, 2.45) is 0 Å². The van der Waals surface area contributed by atoms with Gasteiger partial charge in [-0.25, -0.2) is 0 Å². The van der Waals surface area contributed by atoms with Gasteiger partial charge in [0.1, 0.15) is 6.10 Å². The minimum absolute atomic E-state index is 0.128. The van der Waals surface area contributed by atoms with E-state index < -0.39 is 6.10 Å². The van der Waals surface area contributed by atoms with E-state index in [1.54, 1.807) is 6.07 Å². The lowest BCUT2D eigenvalue weighted by atomic mass is 9.97. The maximum atomic E-state index is 11.1. The molecule has 0 saturated heterocycles. The standard InChI is InChI=1S/C19H20N2O5/c1-23-13-10-12-15(20-19(26-4)21-18(12)25-3)14(17(13)24-2)16(22)11-8-6-5-7-9-11/h5-10,16,22H,1-4H3. The Morgan fingerprint density at radius 2 is 1.62 bits per heavy atom. The lowest BCUT2D eigenvalue weighted by molar-refractivity contribution is 0.214. The Morgan fingerprint density at radius 3 is 2.19 bits per heavy atom. The largest absolute Gasteiger partial charge is 0.493 e. The van der Waals surface area contributed by atoms with E-state index in [0.29, 0.717) is 39.4 Å². The Hall–Kier alpha value is -3.06. The van der Waals surface area contributed by atoms with E-state index in [-0.39, 0.29) is 6.01 Å². The maximum Gasteiger partial charge on any atom is 0.320 e. The Balaban J connectivity index is 2.40. The molecule has 1 unspecified atom stereocenters. The third-order valence-corrected chi connectivity index (χ3v) is 4.08. The van der Waals surface area contributed by atoms with Crippen molar-refractivity contribution < 1.29 is 24.1 Å². The predicted molar refractivity (Wildman–Crippen MR) is 96.2 cm³/mol. The number of aliphatic hydroxyl groups excluding tert-OH is 1. The van der Waals surface area contributed by atoms with Crippen LogP contribution >= 0.6 is 0 Å². The van der Waals surface area contributed by atoms with E-state index in [2.05, 4.69) is 9.97 Å². The normalized spacial score (nSPS) is 11.9. The molecule has 0 amide bonds. The summed E-state index contributed by atoms with van der Waals surface area (Å²) < 4.78 is 21.5. The minimum atomic E-state index is -0.993. The van der Waals surface area contributed by atoms with Crippen molar-refractivity contribution in [3.8, 4) is 23.4 Å². The first-order valence-electron chi connectivity index (χ1n) is 7.92. The molecule has 0 saturated carbocycles. The number of nitrogens with zero attached hydrogens (tertiary/aromatic N) is 2. The van der Waals surface area contributed by atoms with Crippen LogP contribution in [0, 0.1) is 0 Å². The smallest absolute Gasteiger partial charge is 0.320 e. The molecule has 0 aliphatic carbocycles. The quantitative estimate of drug-likeness (QED) is 0.727. The van der Waals surface area contributed by atoms with E-state index in [1.165, 1.54) is 28.4 Å². The third kappa shape index (κ3) is 2.97. The van der Waals surface area contributed by atoms with E-state index in [4.69, 9.17) is 18.9 Å². The van der Waals surface area contributed by atoms with Gasteiger partial charge < -0.3 is 24.1 Å². The lowest BCUT2D eigenvalue weighted by Gasteiger charge is -2.20. The lowest BCUT2D eigenvalue weighted by Crippen LogP contribution is -2.07. The number of methoxy groups -OCH3 is 4. The Labute approximate surface area is 151 Å². The predicted octanol–water partition coefficient (Wildman–Crippen LogP) is 2.75. The van der Waals surface area contributed by atoms with E-state index in [0.717, 1.165) is 0 Å². The number of fused-ring (bicyclic) bond motifs is 1. The van der Waals surface area contributed by atoms with Crippen molar-refractivity contribution in [3.05, 3.63) is 47.5 Å². The Kier molecular flexibility index (Phi) is 5.09. The maximum absolute atomic E-state index is 11.1. The molecule has 7 nitrogen and oxygen atoms in total. The highest BCUT2D eigenvalue weighted by Crippen LogP contribution is 2.44. The number of ether oxygens (including phenoxy) is 4. The monoisotopic (exact) mass is 356 g/mol. The van der Waals surface area contributed by atoms with E-state index >= 15 is 0 Å². The van der Waals surface area contributed by atoms with Gasteiger partial charge in [0.25, 0.3) is 0 Å². The molecule has 1 aromatic heterocycles. The van der Waals surface area contributed by atoms with Crippen LogP contribution in [-0.4, -0.2) is 43.5 Å². The van der Waals surface area contributed by atoms with Gasteiger partial charge in [0.05, 0.1) is 44.9 Å². The minimum Gasteiger partial charge on any atom is -0.493 e. The average Bonchev–Trinajstić information content (AvgIpc) is 2.71. The van der Waals surface area contributed by atoms with Crippen LogP contribution in [0.25, 0.3) is 10.9 Å². The molecule has 0 fully saturated rings. The Bertz CT molecular complexity index is 915. The summed E-state index contributed by atoms with van der Waals surface area (Å²) in [5.41, 5.74) is 1.60. The highest BCUT2D eigenvalue weighted by Gasteiger charge is 2.26. The van der Waals surface area contributed by atoms with Gasteiger partial charge in [-0.05, 0) is 11.6 Å². The molecule has 2 aromatic carbocycles. The molecule has 0 aliphatic rings. The second-order valence-electron chi connectivity index (χ2n) is 5.45. The van der Waals surface area contributed by atoms with Crippen molar-refractivity contribution in [2.45, 2.75) is 6.10 Å². The molecule has 1 heterocycles. The van der Waals surface area contributed by atoms with Crippen molar-refractivity contribution >= 4 is 10.9 Å². The van der Waals surface area contributed by atoms with Gasteiger partial charge in [0.2, 0.25) is 5.88 Å². The van der Waals surface area contributed by atoms with Gasteiger partial charge >= 0.3 is 6.01 Å². The zero-order valence-electron chi connectivity index (χ0n) is 15.0. The van der Waals surface area contributed by atoms with Crippen molar-refractivity contribution in [1.29, 1.82) is 0 Å². The fourth-order valence-electron chi connectivity index (χ4n) is 2.87. The number of rotatable bonds is 6. The van der Waals surface area contributed by atoms with Crippen molar-refractivity contribution in [3.63, 3.8) is 0 Å². The van der Waals surface area contributed by atoms with Crippen molar-refractivity contribution in [2.75, 3.05) is 28.4 Å². The molecular formula is C19H20N2O5. The number of hydrogen-bond acceptors (Lipinski definition) is 7. The van der Waals surface area contributed by atoms with Gasteiger partial charge in [0, 0.05) is 0 Å². The fraction of sp³-hybridized carbons (Fsp3) is 0.263. The molecule has 7 heteroatoms. The highest BCUT2D eigenvalue weighted by molar-refractivity contribution is 5.91. The topological polar surface area (TPSA) is 82.9 Å². The molecule has 0 spiro atoms. The van der Waals surface area contributed by atoms with E-state index in [1.807, 2.05) is 30.3 Å². The first kappa shape index (κ1) is 17.8. The number of aliphatic hydroxyl groups is 1. The van der Waals surface area contributed by atoms with Crippen LogP contribution in [0.3, 0.4) is 0 Å². The van der Waals surface area contributed by atoms with Crippen LogP contribution in [-0.2, 0) is 0 Å². The second-order valence-corrected chi connectivity index (χ2v) is 5.45. The molecule has 1 N–H and O–H groups in total. The van der Waals surface area contributed by atoms with Crippen LogP contribution in [0.5, 0.6) is 23.4 Å². The zero-order valence-corrected chi connectivity index (χ0v) is 15.0. The number of aromatic nitrogens is 2. The van der Waals surface area contributed by atoms with Crippen LogP contribution in [0.2, 0.25) is 0 Å². The first-order valence-corrected chi connectivity index (χ1v) is 7.92. The number of benzene rings is 2. The summed E-state index contributed by atoms with van der Waals surface area (Å²) in [6.45, 7) is 0. The molecule has 0 radical (unpaired) electrons. The van der Waals surface area contributed by atoms with Crippen LogP contribution in [0.1, 0.15) is 17.2 Å². The summed E-state index contributed by atoms with van der Waals surface area (Å²) in [5, 5.41) is 11.7. The van der Waals surface area contributed by atoms with Crippen molar-refractivity contribution in [1.82, 2.24) is 9.97 Å². The van der Waals surface area contributed by atoms with Gasteiger partial charge in [-0.3, -0.25) is 0 Å². The van der Waals surface area contributed by atoms with Gasteiger partial charge in [-0.1, -0.05) is 30.3 Å². The SMILES string of the molecule is COc1nc(OC)c2cc(OC)c(OC)c(C(O)c3ccccc3)c2n1. The molecule has 0 bridgehead atoms. The highest BCUT2D eigenvalue weighted by atomic mass is 16.5. The van der Waals surface area contributed by atoms with Gasteiger partial charge in [-0.15, -0.1) is 0 Å². The van der Waals surface area contributed by atoms with Crippen LogP contribution in [0.15, 0.2) is 36.4 Å². The molecule has 1 atom stereocenters. The van der Waals surface area contributed by atoms with Crippen LogP contribution < -0.4 is 18.9 Å². The zero-order chi connectivity index (χ0) is 18.7. The summed E-state index contributed by atoms with van der Waals surface area (Å²) in [5.74, 6) is 1.14.